The van der Waals surface area contributed by atoms with Gasteiger partial charge in [0.15, 0.2) is 0 Å². The third-order valence-electron chi connectivity index (χ3n) is 3.25. The normalized spacial score (nSPS) is 12.2. The van der Waals surface area contributed by atoms with E-state index in [1.54, 1.807) is 0 Å². The molecule has 2 rings (SSSR count). The van der Waals surface area contributed by atoms with Gasteiger partial charge in [0.05, 0.1) is 11.1 Å². The molecule has 0 fully saturated rings. The molecule has 4 heteroatoms. The summed E-state index contributed by atoms with van der Waals surface area (Å²) in [5, 5.41) is 12.5. The van der Waals surface area contributed by atoms with Crippen molar-refractivity contribution in [2.75, 3.05) is 7.05 Å². The van der Waals surface area contributed by atoms with Crippen molar-refractivity contribution in [3.8, 4) is 11.5 Å². The Hall–Kier alpha value is -1.36. The van der Waals surface area contributed by atoms with Gasteiger partial charge in [-0.3, -0.25) is 0 Å². The number of rotatable bonds is 5. The topological polar surface area (TPSA) is 41.5 Å². The van der Waals surface area contributed by atoms with Gasteiger partial charge in [0.1, 0.15) is 11.5 Å². The van der Waals surface area contributed by atoms with Crippen LogP contribution in [0.3, 0.4) is 0 Å². The molecule has 0 aliphatic heterocycles. The van der Waals surface area contributed by atoms with Crippen LogP contribution >= 0.6 is 15.9 Å². The van der Waals surface area contributed by atoms with Gasteiger partial charge < -0.3 is 15.2 Å². The molecule has 20 heavy (non-hydrogen) atoms. The summed E-state index contributed by atoms with van der Waals surface area (Å²) < 4.78 is 6.77. The number of ether oxygens (including phenoxy) is 1. The van der Waals surface area contributed by atoms with Gasteiger partial charge in [-0.15, -0.1) is 0 Å². The van der Waals surface area contributed by atoms with Crippen LogP contribution < -0.4 is 10.1 Å². The SMILES string of the molecule is CNC(C)c1ccc(Oc2ccccc2CO)c(Br)c1. The van der Waals surface area contributed by atoms with Crippen LogP contribution in [0.5, 0.6) is 11.5 Å². The molecule has 0 heterocycles. The summed E-state index contributed by atoms with van der Waals surface area (Å²) in [5.41, 5.74) is 1.95. The summed E-state index contributed by atoms with van der Waals surface area (Å²) >= 11 is 3.53. The number of aliphatic hydroxyl groups is 1. The Labute approximate surface area is 127 Å². The molecule has 2 aromatic rings. The van der Waals surface area contributed by atoms with E-state index in [0.717, 1.165) is 15.8 Å². The fourth-order valence-corrected chi connectivity index (χ4v) is 2.37. The second-order valence-corrected chi connectivity index (χ2v) is 5.42. The van der Waals surface area contributed by atoms with E-state index in [-0.39, 0.29) is 12.6 Å². The number of benzene rings is 2. The number of nitrogens with one attached hydrogen (secondary N) is 1. The number of aliphatic hydroxyl groups excluding tert-OH is 1. The molecular weight excluding hydrogens is 318 g/mol. The standard InChI is InChI=1S/C16H18BrNO2/c1-11(18-2)12-7-8-16(14(17)9-12)20-15-6-4-3-5-13(15)10-19/h3-9,11,18-19H,10H2,1-2H3. The summed E-state index contributed by atoms with van der Waals surface area (Å²) in [6, 6.07) is 13.8. The highest BCUT2D eigenvalue weighted by molar-refractivity contribution is 9.10. The molecule has 0 aliphatic carbocycles. The first-order chi connectivity index (χ1) is 9.65. The van der Waals surface area contributed by atoms with E-state index in [1.807, 2.05) is 49.5 Å². The van der Waals surface area contributed by atoms with Gasteiger partial charge in [-0.25, -0.2) is 0 Å². The summed E-state index contributed by atoms with van der Waals surface area (Å²) in [5.74, 6) is 1.41. The first-order valence-electron chi connectivity index (χ1n) is 6.49. The molecule has 2 aromatic carbocycles. The summed E-state index contributed by atoms with van der Waals surface area (Å²) in [6.45, 7) is 2.06. The van der Waals surface area contributed by atoms with Crippen molar-refractivity contribution in [3.63, 3.8) is 0 Å². The zero-order valence-electron chi connectivity index (χ0n) is 11.6. The predicted molar refractivity (Wildman–Crippen MR) is 84.1 cm³/mol. The smallest absolute Gasteiger partial charge is 0.141 e. The highest BCUT2D eigenvalue weighted by atomic mass is 79.9. The van der Waals surface area contributed by atoms with E-state index in [9.17, 15) is 5.11 Å². The van der Waals surface area contributed by atoms with Gasteiger partial charge in [-0.1, -0.05) is 24.3 Å². The zero-order chi connectivity index (χ0) is 14.5. The van der Waals surface area contributed by atoms with Crippen LogP contribution in [0, 0.1) is 0 Å². The van der Waals surface area contributed by atoms with Crippen molar-refractivity contribution in [1.29, 1.82) is 0 Å². The van der Waals surface area contributed by atoms with E-state index in [4.69, 9.17) is 4.74 Å². The first kappa shape index (κ1) is 15.0. The zero-order valence-corrected chi connectivity index (χ0v) is 13.1. The van der Waals surface area contributed by atoms with Crippen LogP contribution in [0.2, 0.25) is 0 Å². The lowest BCUT2D eigenvalue weighted by molar-refractivity contribution is 0.276. The van der Waals surface area contributed by atoms with Crippen LogP contribution in [0.25, 0.3) is 0 Å². The number of hydrogen-bond acceptors (Lipinski definition) is 3. The number of halogens is 1. The molecule has 0 radical (unpaired) electrons. The van der Waals surface area contributed by atoms with Gasteiger partial charge in [0.2, 0.25) is 0 Å². The van der Waals surface area contributed by atoms with E-state index in [0.29, 0.717) is 5.75 Å². The third kappa shape index (κ3) is 3.39. The largest absolute Gasteiger partial charge is 0.456 e. The molecule has 106 valence electrons. The highest BCUT2D eigenvalue weighted by Gasteiger charge is 2.09. The van der Waals surface area contributed by atoms with Crippen molar-refractivity contribution in [2.24, 2.45) is 0 Å². The van der Waals surface area contributed by atoms with Crippen LogP contribution in [-0.2, 0) is 6.61 Å². The van der Waals surface area contributed by atoms with Gasteiger partial charge in [-0.05, 0) is 53.7 Å². The maximum absolute atomic E-state index is 9.31. The minimum atomic E-state index is -0.0390. The van der Waals surface area contributed by atoms with Gasteiger partial charge in [0, 0.05) is 11.6 Å². The molecule has 0 bridgehead atoms. The van der Waals surface area contributed by atoms with E-state index >= 15 is 0 Å². The van der Waals surface area contributed by atoms with Gasteiger partial charge in [-0.2, -0.15) is 0 Å². The average molecular weight is 336 g/mol. The van der Waals surface area contributed by atoms with E-state index < -0.39 is 0 Å². The minimum Gasteiger partial charge on any atom is -0.456 e. The average Bonchev–Trinajstić information content (AvgIpc) is 2.49. The first-order valence-corrected chi connectivity index (χ1v) is 7.28. The Morgan fingerprint density at radius 2 is 1.95 bits per heavy atom. The molecule has 0 saturated carbocycles. The maximum Gasteiger partial charge on any atom is 0.141 e. The lowest BCUT2D eigenvalue weighted by atomic mass is 10.1. The fourth-order valence-electron chi connectivity index (χ4n) is 1.89. The Balaban J connectivity index is 2.26. The van der Waals surface area contributed by atoms with Crippen LogP contribution in [0.15, 0.2) is 46.9 Å². The third-order valence-corrected chi connectivity index (χ3v) is 3.87. The monoisotopic (exact) mass is 335 g/mol. The molecule has 1 atom stereocenters. The molecule has 2 N–H and O–H groups in total. The second-order valence-electron chi connectivity index (χ2n) is 4.57. The van der Waals surface area contributed by atoms with Crippen molar-refractivity contribution >= 4 is 15.9 Å². The fraction of sp³-hybridized carbons (Fsp3) is 0.250. The summed E-state index contributed by atoms with van der Waals surface area (Å²) in [6.07, 6.45) is 0. The molecule has 0 amide bonds. The quantitative estimate of drug-likeness (QED) is 0.867. The molecule has 1 unspecified atom stereocenters. The predicted octanol–water partition coefficient (Wildman–Crippen LogP) is 4.01. The molecule has 0 aromatic heterocycles. The number of hydrogen-bond donors (Lipinski definition) is 2. The van der Waals surface area contributed by atoms with Crippen LogP contribution in [0.1, 0.15) is 24.1 Å². The minimum absolute atomic E-state index is 0.0390. The van der Waals surface area contributed by atoms with Crippen molar-refractivity contribution in [1.82, 2.24) is 5.32 Å². The number of para-hydroxylation sites is 1. The highest BCUT2D eigenvalue weighted by Crippen LogP contribution is 2.33. The lowest BCUT2D eigenvalue weighted by Gasteiger charge is -2.14. The van der Waals surface area contributed by atoms with Crippen molar-refractivity contribution < 1.29 is 9.84 Å². The van der Waals surface area contributed by atoms with Gasteiger partial charge >= 0.3 is 0 Å². The second kappa shape index (κ2) is 6.88. The molecule has 0 aliphatic rings. The Morgan fingerprint density at radius 3 is 2.60 bits per heavy atom. The molecule has 0 saturated heterocycles. The van der Waals surface area contributed by atoms with E-state index in [1.165, 1.54) is 5.56 Å². The molecular formula is C16H18BrNO2. The van der Waals surface area contributed by atoms with E-state index in [2.05, 4.69) is 28.2 Å². The van der Waals surface area contributed by atoms with Crippen molar-refractivity contribution in [2.45, 2.75) is 19.6 Å². The van der Waals surface area contributed by atoms with Crippen LogP contribution in [0.4, 0.5) is 0 Å². The van der Waals surface area contributed by atoms with Gasteiger partial charge in [0.25, 0.3) is 0 Å². The summed E-state index contributed by atoms with van der Waals surface area (Å²) in [7, 11) is 1.93. The Morgan fingerprint density at radius 1 is 1.20 bits per heavy atom. The lowest BCUT2D eigenvalue weighted by Crippen LogP contribution is -2.12. The van der Waals surface area contributed by atoms with Crippen LogP contribution in [-0.4, -0.2) is 12.2 Å². The summed E-state index contributed by atoms with van der Waals surface area (Å²) in [4.78, 5) is 0. The maximum atomic E-state index is 9.31. The Kier molecular flexibility index (Phi) is 5.17. The molecule has 3 nitrogen and oxygen atoms in total. The molecule has 0 spiro atoms. The van der Waals surface area contributed by atoms with Crippen molar-refractivity contribution in [3.05, 3.63) is 58.1 Å². The Bertz CT molecular complexity index is 586.